The number of thiocarbonyl (C=S) groups is 1. The lowest BCUT2D eigenvalue weighted by atomic mass is 10.1. The van der Waals surface area contributed by atoms with Crippen molar-refractivity contribution in [3.63, 3.8) is 0 Å². The summed E-state index contributed by atoms with van der Waals surface area (Å²) >= 11 is 5.44. The van der Waals surface area contributed by atoms with Gasteiger partial charge in [-0.2, -0.15) is 0 Å². The maximum absolute atomic E-state index is 12.2. The first-order valence-corrected chi connectivity index (χ1v) is 9.08. The predicted octanol–water partition coefficient (Wildman–Crippen LogP) is 3.92. The molecule has 140 valence electrons. The number of nitrogens with zero attached hydrogens (tertiary/aromatic N) is 1. The summed E-state index contributed by atoms with van der Waals surface area (Å²) in [5.41, 5.74) is 1.86. The van der Waals surface area contributed by atoms with E-state index in [0.29, 0.717) is 6.54 Å². The molecule has 0 bridgehead atoms. The minimum Gasteiger partial charge on any atom is -0.465 e. The Morgan fingerprint density at radius 3 is 1.92 bits per heavy atom. The maximum Gasteiger partial charge on any atom is 0.327 e. The van der Waals surface area contributed by atoms with Gasteiger partial charge in [-0.15, -0.1) is 0 Å². The number of esters is 2. The fourth-order valence-corrected chi connectivity index (χ4v) is 2.64. The van der Waals surface area contributed by atoms with Crippen LogP contribution in [0.2, 0.25) is 0 Å². The Balaban J connectivity index is 0.00000277. The summed E-state index contributed by atoms with van der Waals surface area (Å²) in [6.07, 6.45) is 0. The molecule has 0 saturated heterocycles. The van der Waals surface area contributed by atoms with Gasteiger partial charge in [0.1, 0.15) is 4.99 Å². The van der Waals surface area contributed by atoms with E-state index in [-0.39, 0.29) is 18.2 Å². The molecule has 25 heavy (non-hydrogen) atoms. The van der Waals surface area contributed by atoms with Crippen LogP contribution in [0.4, 0.5) is 5.69 Å². The molecule has 0 amide bonds. The van der Waals surface area contributed by atoms with Crippen LogP contribution in [0.5, 0.6) is 0 Å². The van der Waals surface area contributed by atoms with Crippen LogP contribution in [-0.4, -0.2) is 36.7 Å². The van der Waals surface area contributed by atoms with E-state index in [2.05, 4.69) is 0 Å². The molecular formula is C19H29NO4S. The quantitative estimate of drug-likeness (QED) is 0.414. The molecule has 0 atom stereocenters. The molecule has 1 aromatic carbocycles. The summed E-state index contributed by atoms with van der Waals surface area (Å²) in [6.45, 7) is 12.1. The monoisotopic (exact) mass is 367 g/mol. The van der Waals surface area contributed by atoms with Crippen molar-refractivity contribution in [3.05, 3.63) is 29.8 Å². The van der Waals surface area contributed by atoms with Crippen LogP contribution in [0, 0.1) is 12.8 Å². The van der Waals surface area contributed by atoms with Crippen molar-refractivity contribution in [3.8, 4) is 0 Å². The third kappa shape index (κ3) is 6.46. The number of rotatable bonds is 7. The van der Waals surface area contributed by atoms with Gasteiger partial charge in [-0.25, -0.2) is 0 Å². The van der Waals surface area contributed by atoms with Crippen molar-refractivity contribution in [1.82, 2.24) is 0 Å². The highest BCUT2D eigenvalue weighted by Gasteiger charge is 2.36. The molecule has 0 aliphatic carbocycles. The standard InChI is InChI=1S/C17H23NO4S.C2H6/c1-5-18(13-11-9-8-10-12(13)4)15(23)14(16(19)21-6-2)17(20)22-7-3;1-2/h8-11,14H,5-7H2,1-4H3;1-2H3. The minimum absolute atomic E-state index is 0.174. The first-order chi connectivity index (χ1) is 12.0. The summed E-state index contributed by atoms with van der Waals surface area (Å²) in [7, 11) is 0. The number of para-hydroxylation sites is 1. The van der Waals surface area contributed by atoms with Crippen LogP contribution >= 0.6 is 12.2 Å². The van der Waals surface area contributed by atoms with Gasteiger partial charge in [0.05, 0.1) is 13.2 Å². The Labute approximate surface area is 156 Å². The van der Waals surface area contributed by atoms with Crippen molar-refractivity contribution in [1.29, 1.82) is 0 Å². The van der Waals surface area contributed by atoms with Gasteiger partial charge < -0.3 is 14.4 Å². The second kappa shape index (κ2) is 12.4. The zero-order chi connectivity index (χ0) is 19.4. The first-order valence-electron chi connectivity index (χ1n) is 8.68. The van der Waals surface area contributed by atoms with Crippen molar-refractivity contribution in [2.75, 3.05) is 24.7 Å². The average molecular weight is 368 g/mol. The molecule has 1 rings (SSSR count). The molecule has 1 aromatic rings. The molecular weight excluding hydrogens is 338 g/mol. The summed E-state index contributed by atoms with van der Waals surface area (Å²) in [6, 6.07) is 7.66. The fourth-order valence-electron chi connectivity index (χ4n) is 2.22. The third-order valence-corrected chi connectivity index (χ3v) is 3.74. The van der Waals surface area contributed by atoms with Crippen LogP contribution < -0.4 is 4.90 Å². The Kier molecular flexibility index (Phi) is 11.4. The Bertz CT molecular complexity index is 556. The topological polar surface area (TPSA) is 55.8 Å². The Morgan fingerprint density at radius 2 is 1.52 bits per heavy atom. The summed E-state index contributed by atoms with van der Waals surface area (Å²) in [5, 5.41) is 0. The molecule has 0 spiro atoms. The maximum atomic E-state index is 12.2. The van der Waals surface area contributed by atoms with E-state index in [0.717, 1.165) is 11.3 Å². The number of hydrogen-bond acceptors (Lipinski definition) is 5. The zero-order valence-electron chi connectivity index (χ0n) is 16.0. The van der Waals surface area contributed by atoms with Gasteiger partial charge in [0.15, 0.2) is 0 Å². The smallest absolute Gasteiger partial charge is 0.327 e. The van der Waals surface area contributed by atoms with Gasteiger partial charge in [-0.3, -0.25) is 9.59 Å². The van der Waals surface area contributed by atoms with Gasteiger partial charge in [0.2, 0.25) is 5.92 Å². The second-order valence-electron chi connectivity index (χ2n) is 4.81. The zero-order valence-corrected chi connectivity index (χ0v) is 16.8. The highest BCUT2D eigenvalue weighted by molar-refractivity contribution is 7.80. The molecule has 0 saturated carbocycles. The molecule has 0 aliphatic rings. The van der Waals surface area contributed by atoms with E-state index >= 15 is 0 Å². The highest BCUT2D eigenvalue weighted by atomic mass is 32.1. The van der Waals surface area contributed by atoms with E-state index in [1.165, 1.54) is 0 Å². The molecule has 0 radical (unpaired) electrons. The molecule has 0 fully saturated rings. The van der Waals surface area contributed by atoms with Gasteiger partial charge in [0.25, 0.3) is 0 Å². The van der Waals surface area contributed by atoms with Gasteiger partial charge >= 0.3 is 11.9 Å². The Morgan fingerprint density at radius 1 is 1.04 bits per heavy atom. The average Bonchev–Trinajstić information content (AvgIpc) is 2.59. The lowest BCUT2D eigenvalue weighted by Gasteiger charge is -2.28. The number of benzene rings is 1. The summed E-state index contributed by atoms with van der Waals surface area (Å²) in [5.74, 6) is -2.59. The lowest BCUT2D eigenvalue weighted by molar-refractivity contribution is -0.157. The van der Waals surface area contributed by atoms with Crippen LogP contribution in [-0.2, 0) is 19.1 Å². The number of carbonyl (C=O) groups is 2. The van der Waals surface area contributed by atoms with Crippen LogP contribution in [0.15, 0.2) is 24.3 Å². The molecule has 0 aromatic heterocycles. The molecule has 0 aliphatic heterocycles. The largest absolute Gasteiger partial charge is 0.465 e. The summed E-state index contributed by atoms with van der Waals surface area (Å²) in [4.78, 5) is 26.4. The third-order valence-electron chi connectivity index (χ3n) is 3.28. The number of carbonyl (C=O) groups excluding carboxylic acids is 2. The van der Waals surface area contributed by atoms with E-state index in [4.69, 9.17) is 21.7 Å². The molecule has 0 unspecified atom stereocenters. The number of ether oxygens (including phenoxy) is 2. The molecule has 6 heteroatoms. The SMILES string of the molecule is CC.CCOC(=O)C(C(=O)OCC)C(=S)N(CC)c1ccccc1C. The predicted molar refractivity (Wildman–Crippen MR) is 105 cm³/mol. The van der Waals surface area contributed by atoms with Crippen LogP contribution in [0.1, 0.15) is 40.2 Å². The number of hydrogen-bond donors (Lipinski definition) is 0. The number of anilines is 1. The first kappa shape index (κ1) is 23.1. The van der Waals surface area contributed by atoms with E-state index in [9.17, 15) is 9.59 Å². The minimum atomic E-state index is -1.23. The fraction of sp³-hybridized carbons (Fsp3) is 0.526. The van der Waals surface area contributed by atoms with Crippen molar-refractivity contribution in [2.24, 2.45) is 5.92 Å². The van der Waals surface area contributed by atoms with Gasteiger partial charge in [-0.05, 0) is 39.3 Å². The molecule has 0 heterocycles. The van der Waals surface area contributed by atoms with Gasteiger partial charge in [-0.1, -0.05) is 44.3 Å². The van der Waals surface area contributed by atoms with Crippen LogP contribution in [0.25, 0.3) is 0 Å². The van der Waals surface area contributed by atoms with E-state index in [1.54, 1.807) is 18.7 Å². The van der Waals surface area contributed by atoms with E-state index < -0.39 is 17.9 Å². The molecule has 0 N–H and O–H groups in total. The summed E-state index contributed by atoms with van der Waals surface area (Å²) < 4.78 is 10.00. The van der Waals surface area contributed by atoms with Gasteiger partial charge in [0, 0.05) is 12.2 Å². The van der Waals surface area contributed by atoms with Crippen molar-refractivity contribution < 1.29 is 19.1 Å². The normalized spacial score (nSPS) is 9.72. The van der Waals surface area contributed by atoms with Crippen molar-refractivity contribution >= 4 is 34.8 Å². The van der Waals surface area contributed by atoms with E-state index in [1.807, 2.05) is 52.0 Å². The second-order valence-corrected chi connectivity index (χ2v) is 5.22. The van der Waals surface area contributed by atoms with Crippen molar-refractivity contribution in [2.45, 2.75) is 41.5 Å². The molecule has 5 nitrogen and oxygen atoms in total. The lowest BCUT2D eigenvalue weighted by Crippen LogP contribution is -2.44. The number of aryl methyl sites for hydroxylation is 1. The highest BCUT2D eigenvalue weighted by Crippen LogP contribution is 2.23. The Hall–Kier alpha value is -1.95. The van der Waals surface area contributed by atoms with Crippen LogP contribution in [0.3, 0.4) is 0 Å².